The zero-order valence-corrected chi connectivity index (χ0v) is 7.44. The topological polar surface area (TPSA) is 63.6 Å². The maximum absolute atomic E-state index is 10.7. The van der Waals surface area contributed by atoms with Gasteiger partial charge in [-0.3, -0.25) is 4.79 Å². The molecule has 1 saturated carbocycles. The molecule has 13 heavy (non-hydrogen) atoms. The lowest BCUT2D eigenvalue weighted by atomic mass is 9.85. The second-order valence-corrected chi connectivity index (χ2v) is 3.39. The average molecular weight is 186 g/mol. The largest absolute Gasteiger partial charge is 0.478 e. The second kappa shape index (κ2) is 4.84. The molecule has 1 unspecified atom stereocenters. The Kier molecular flexibility index (Phi) is 3.73. The lowest BCUT2D eigenvalue weighted by Crippen LogP contribution is -2.33. The number of hydrogen-bond donors (Lipinski definition) is 1. The standard InChI is InChI=1S/C9H14O4/c10-6-13-8(9(11)12)7-4-2-1-3-5-7/h6-8H,1-5H2,(H,11,12). The van der Waals surface area contributed by atoms with Gasteiger partial charge in [-0.1, -0.05) is 19.3 Å². The predicted molar refractivity (Wildman–Crippen MR) is 45.1 cm³/mol. The van der Waals surface area contributed by atoms with Crippen LogP contribution in [0.5, 0.6) is 0 Å². The van der Waals surface area contributed by atoms with Gasteiger partial charge < -0.3 is 9.84 Å². The smallest absolute Gasteiger partial charge is 0.345 e. The molecule has 1 aliphatic rings. The number of carbonyl (C=O) groups is 2. The van der Waals surface area contributed by atoms with Crippen LogP contribution in [0.2, 0.25) is 0 Å². The predicted octanol–water partition coefficient (Wildman–Crippen LogP) is 1.19. The highest BCUT2D eigenvalue weighted by atomic mass is 16.5. The molecular weight excluding hydrogens is 172 g/mol. The van der Waals surface area contributed by atoms with E-state index in [4.69, 9.17) is 5.11 Å². The molecule has 1 fully saturated rings. The molecule has 0 aromatic heterocycles. The molecule has 4 heteroatoms. The number of carbonyl (C=O) groups excluding carboxylic acids is 1. The monoisotopic (exact) mass is 186 g/mol. The summed E-state index contributed by atoms with van der Waals surface area (Å²) < 4.78 is 4.56. The van der Waals surface area contributed by atoms with Gasteiger partial charge in [0.1, 0.15) is 0 Å². The molecule has 0 aromatic carbocycles. The third kappa shape index (κ3) is 2.72. The Morgan fingerprint density at radius 1 is 1.38 bits per heavy atom. The first kappa shape index (κ1) is 10.0. The van der Waals surface area contributed by atoms with Crippen molar-refractivity contribution in [3.8, 4) is 0 Å². The Bertz CT molecular complexity index is 184. The summed E-state index contributed by atoms with van der Waals surface area (Å²) in [5.74, 6) is -1.02. The summed E-state index contributed by atoms with van der Waals surface area (Å²) in [6, 6.07) is 0. The van der Waals surface area contributed by atoms with Gasteiger partial charge in [0.15, 0.2) is 0 Å². The number of carboxylic acids is 1. The van der Waals surface area contributed by atoms with Crippen LogP contribution >= 0.6 is 0 Å². The van der Waals surface area contributed by atoms with Crippen molar-refractivity contribution in [3.05, 3.63) is 0 Å². The third-order valence-electron chi connectivity index (χ3n) is 2.52. The first-order valence-corrected chi connectivity index (χ1v) is 4.57. The Balaban J connectivity index is 2.51. The van der Waals surface area contributed by atoms with E-state index in [2.05, 4.69) is 4.74 Å². The molecule has 0 aliphatic heterocycles. The molecule has 4 nitrogen and oxygen atoms in total. The quantitative estimate of drug-likeness (QED) is 0.670. The highest BCUT2D eigenvalue weighted by Gasteiger charge is 2.30. The zero-order valence-electron chi connectivity index (χ0n) is 7.44. The van der Waals surface area contributed by atoms with Crippen LogP contribution in [0.4, 0.5) is 0 Å². The van der Waals surface area contributed by atoms with Crippen LogP contribution in [0.25, 0.3) is 0 Å². The molecule has 0 spiro atoms. The van der Waals surface area contributed by atoms with Gasteiger partial charge in [0.2, 0.25) is 6.10 Å². The fourth-order valence-corrected chi connectivity index (χ4v) is 1.87. The molecule has 0 aromatic rings. The zero-order chi connectivity index (χ0) is 9.68. The van der Waals surface area contributed by atoms with Crippen LogP contribution in [-0.2, 0) is 14.3 Å². The molecule has 1 N–H and O–H groups in total. The Morgan fingerprint density at radius 3 is 2.46 bits per heavy atom. The number of hydrogen-bond acceptors (Lipinski definition) is 3. The summed E-state index contributed by atoms with van der Waals surface area (Å²) in [6.45, 7) is 0.230. The number of ether oxygens (including phenoxy) is 1. The van der Waals surface area contributed by atoms with Gasteiger partial charge >= 0.3 is 5.97 Å². The van der Waals surface area contributed by atoms with Crippen molar-refractivity contribution in [2.24, 2.45) is 5.92 Å². The summed E-state index contributed by atoms with van der Waals surface area (Å²) in [5.41, 5.74) is 0. The Morgan fingerprint density at radius 2 is 2.00 bits per heavy atom. The summed E-state index contributed by atoms with van der Waals surface area (Å²) in [5, 5.41) is 8.77. The molecule has 0 bridgehead atoms. The highest BCUT2D eigenvalue weighted by Crippen LogP contribution is 2.27. The van der Waals surface area contributed by atoms with Gasteiger partial charge in [-0.25, -0.2) is 4.79 Å². The first-order valence-electron chi connectivity index (χ1n) is 4.57. The Labute approximate surface area is 76.9 Å². The van der Waals surface area contributed by atoms with Crippen LogP contribution in [-0.4, -0.2) is 23.7 Å². The lowest BCUT2D eigenvalue weighted by Gasteiger charge is -2.25. The molecule has 1 aliphatic carbocycles. The SMILES string of the molecule is O=COC(C(=O)O)C1CCCCC1. The lowest BCUT2D eigenvalue weighted by molar-refractivity contribution is -0.161. The second-order valence-electron chi connectivity index (χ2n) is 3.39. The van der Waals surface area contributed by atoms with E-state index in [0.717, 1.165) is 32.1 Å². The van der Waals surface area contributed by atoms with E-state index in [-0.39, 0.29) is 12.4 Å². The van der Waals surface area contributed by atoms with Gasteiger partial charge in [-0.15, -0.1) is 0 Å². The fraction of sp³-hybridized carbons (Fsp3) is 0.778. The van der Waals surface area contributed by atoms with Gasteiger partial charge in [-0.05, 0) is 12.8 Å². The molecule has 0 radical (unpaired) electrons. The number of rotatable bonds is 4. The van der Waals surface area contributed by atoms with Crippen molar-refractivity contribution in [1.29, 1.82) is 0 Å². The third-order valence-corrected chi connectivity index (χ3v) is 2.52. The van der Waals surface area contributed by atoms with Gasteiger partial charge in [-0.2, -0.15) is 0 Å². The van der Waals surface area contributed by atoms with Crippen molar-refractivity contribution in [1.82, 2.24) is 0 Å². The molecule has 0 heterocycles. The van der Waals surface area contributed by atoms with Crippen molar-refractivity contribution < 1.29 is 19.4 Å². The van der Waals surface area contributed by atoms with Crippen LogP contribution < -0.4 is 0 Å². The Hall–Kier alpha value is -1.06. The van der Waals surface area contributed by atoms with Crippen molar-refractivity contribution in [3.63, 3.8) is 0 Å². The highest BCUT2D eigenvalue weighted by molar-refractivity contribution is 5.74. The van der Waals surface area contributed by atoms with Gasteiger partial charge in [0.25, 0.3) is 6.47 Å². The van der Waals surface area contributed by atoms with Crippen LogP contribution in [0.1, 0.15) is 32.1 Å². The van der Waals surface area contributed by atoms with Crippen molar-refractivity contribution in [2.75, 3.05) is 0 Å². The molecule has 1 atom stereocenters. The molecular formula is C9H14O4. The van der Waals surface area contributed by atoms with E-state index >= 15 is 0 Å². The molecule has 1 rings (SSSR count). The molecule has 0 saturated heterocycles. The average Bonchev–Trinajstić information content (AvgIpc) is 2.15. The van der Waals surface area contributed by atoms with E-state index in [1.165, 1.54) is 0 Å². The van der Waals surface area contributed by atoms with E-state index in [0.29, 0.717) is 0 Å². The molecule has 0 amide bonds. The van der Waals surface area contributed by atoms with E-state index in [9.17, 15) is 9.59 Å². The minimum absolute atomic E-state index is 0.0106. The van der Waals surface area contributed by atoms with E-state index in [1.807, 2.05) is 0 Å². The minimum atomic E-state index is -1.03. The fourth-order valence-electron chi connectivity index (χ4n) is 1.87. The van der Waals surface area contributed by atoms with Crippen LogP contribution in [0.15, 0.2) is 0 Å². The van der Waals surface area contributed by atoms with Crippen molar-refractivity contribution in [2.45, 2.75) is 38.2 Å². The summed E-state index contributed by atoms with van der Waals surface area (Å²) >= 11 is 0. The number of carboxylic acid groups (broad SMARTS) is 1. The number of aliphatic carboxylic acids is 1. The summed E-state index contributed by atoms with van der Waals surface area (Å²) in [7, 11) is 0. The summed E-state index contributed by atoms with van der Waals surface area (Å²) in [6.07, 6.45) is 4.00. The maximum atomic E-state index is 10.7. The first-order chi connectivity index (χ1) is 6.25. The van der Waals surface area contributed by atoms with Gasteiger partial charge in [0, 0.05) is 5.92 Å². The van der Waals surface area contributed by atoms with Crippen LogP contribution in [0.3, 0.4) is 0 Å². The normalized spacial score (nSPS) is 20.6. The summed E-state index contributed by atoms with van der Waals surface area (Å²) in [4.78, 5) is 20.8. The molecule has 74 valence electrons. The van der Waals surface area contributed by atoms with Crippen molar-refractivity contribution >= 4 is 12.4 Å². The maximum Gasteiger partial charge on any atom is 0.345 e. The van der Waals surface area contributed by atoms with Crippen LogP contribution in [0, 0.1) is 5.92 Å². The van der Waals surface area contributed by atoms with E-state index in [1.54, 1.807) is 0 Å². The van der Waals surface area contributed by atoms with E-state index < -0.39 is 12.1 Å². The van der Waals surface area contributed by atoms with Gasteiger partial charge in [0.05, 0.1) is 0 Å². The minimum Gasteiger partial charge on any atom is -0.478 e.